The molecule has 6 heteroatoms. The van der Waals surface area contributed by atoms with Crippen LogP contribution >= 0.6 is 0 Å². The van der Waals surface area contributed by atoms with Gasteiger partial charge in [0.1, 0.15) is 13.2 Å². The summed E-state index contributed by atoms with van der Waals surface area (Å²) in [6.45, 7) is 6.41. The maximum atomic E-state index is 12.7. The average Bonchev–Trinajstić information content (AvgIpc) is 3.35. The second-order valence-corrected chi connectivity index (χ2v) is 18.5. The lowest BCUT2D eigenvalue weighted by Gasteiger charge is -2.18. The normalized spacial score (nSPS) is 12.9. The SMILES string of the molecule is CC/C=C\C/C=C\C/C=C\C/C=C\C/C=C\C/C=C\C/C=C\C/C=C\CCCCCCCCC(=O)OCC(COC(=O)CCCCCCC)OC(=O)CCCCCCC/C=C\CCCCCCCC. The lowest BCUT2D eigenvalue weighted by atomic mass is 10.1. The Bertz CT molecular complexity index is 1420. The standard InChI is InChI=1S/C63H104O6/c1-4-7-10-13-15-17-19-21-23-24-25-26-27-28-29-30-31-32-33-34-35-36-37-38-40-41-43-45-47-50-53-56-62(65)68-59-60(58-67-61(64)55-52-49-12-9-6-3)69-63(66)57-54-51-48-46-44-42-39-22-20-18-16-14-11-8-5-2/h7,10,15,17,21-23,25-26,28-29,31-32,34-35,37-39,60H,4-6,8-9,11-14,16,18-20,24,27,30,33,36,40-59H2,1-3H3/b10-7-,17-15-,23-21-,26-25-,29-28-,32-31-,35-34-,38-37-,39-22-. The molecule has 0 aliphatic carbocycles. The summed E-state index contributed by atoms with van der Waals surface area (Å²) in [6, 6.07) is 0. The molecule has 0 spiro atoms. The van der Waals surface area contributed by atoms with Crippen molar-refractivity contribution in [2.45, 2.75) is 258 Å². The van der Waals surface area contributed by atoms with Crippen LogP contribution in [0.2, 0.25) is 0 Å². The summed E-state index contributed by atoms with van der Waals surface area (Å²) < 4.78 is 16.7. The second-order valence-electron chi connectivity index (χ2n) is 18.5. The van der Waals surface area contributed by atoms with E-state index in [-0.39, 0.29) is 31.1 Å². The molecule has 0 aromatic rings. The monoisotopic (exact) mass is 957 g/mol. The highest BCUT2D eigenvalue weighted by Crippen LogP contribution is 2.14. The summed E-state index contributed by atoms with van der Waals surface area (Å²) in [5.74, 6) is -0.927. The molecule has 0 heterocycles. The van der Waals surface area contributed by atoms with Crippen molar-refractivity contribution < 1.29 is 28.6 Å². The highest BCUT2D eigenvalue weighted by Gasteiger charge is 2.19. The zero-order valence-corrected chi connectivity index (χ0v) is 44.8. The van der Waals surface area contributed by atoms with Gasteiger partial charge in [-0.15, -0.1) is 0 Å². The number of rotatable bonds is 50. The van der Waals surface area contributed by atoms with Crippen LogP contribution in [0.3, 0.4) is 0 Å². The highest BCUT2D eigenvalue weighted by molar-refractivity contribution is 5.71. The Kier molecular flexibility index (Phi) is 53.4. The summed E-state index contributed by atoms with van der Waals surface area (Å²) in [6.07, 6.45) is 76.9. The van der Waals surface area contributed by atoms with Gasteiger partial charge in [0.05, 0.1) is 0 Å². The van der Waals surface area contributed by atoms with Gasteiger partial charge in [0, 0.05) is 19.3 Å². The minimum Gasteiger partial charge on any atom is -0.462 e. The smallest absolute Gasteiger partial charge is 0.306 e. The van der Waals surface area contributed by atoms with Crippen molar-refractivity contribution in [3.8, 4) is 0 Å². The molecule has 6 nitrogen and oxygen atoms in total. The van der Waals surface area contributed by atoms with Crippen LogP contribution in [0, 0.1) is 0 Å². The molecule has 0 aromatic heterocycles. The third kappa shape index (κ3) is 54.9. The van der Waals surface area contributed by atoms with Crippen LogP contribution in [0.25, 0.3) is 0 Å². The number of ether oxygens (including phenoxy) is 3. The van der Waals surface area contributed by atoms with Crippen LogP contribution in [0.4, 0.5) is 0 Å². The average molecular weight is 958 g/mol. The van der Waals surface area contributed by atoms with Crippen molar-refractivity contribution in [2.75, 3.05) is 13.2 Å². The predicted molar refractivity (Wildman–Crippen MR) is 297 cm³/mol. The number of hydrogen-bond acceptors (Lipinski definition) is 6. The fraction of sp³-hybridized carbons (Fsp3) is 0.667. The molecule has 1 unspecified atom stereocenters. The summed E-state index contributed by atoms with van der Waals surface area (Å²) in [4.78, 5) is 37.7. The molecule has 0 radical (unpaired) electrons. The van der Waals surface area contributed by atoms with Crippen LogP contribution in [0.5, 0.6) is 0 Å². The van der Waals surface area contributed by atoms with E-state index in [1.54, 1.807) is 0 Å². The van der Waals surface area contributed by atoms with Crippen LogP contribution in [0.15, 0.2) is 109 Å². The Morgan fingerprint density at radius 2 is 0.565 bits per heavy atom. The Morgan fingerprint density at radius 3 is 0.899 bits per heavy atom. The van der Waals surface area contributed by atoms with Gasteiger partial charge in [-0.2, -0.15) is 0 Å². The van der Waals surface area contributed by atoms with Gasteiger partial charge in [0.2, 0.25) is 0 Å². The second kappa shape index (κ2) is 56.7. The number of hydrogen-bond donors (Lipinski definition) is 0. The molecule has 0 aliphatic heterocycles. The summed E-state index contributed by atoms with van der Waals surface area (Å²) in [5.41, 5.74) is 0. The van der Waals surface area contributed by atoms with E-state index < -0.39 is 6.10 Å². The molecule has 0 aromatic carbocycles. The zero-order valence-electron chi connectivity index (χ0n) is 44.8. The molecular weight excluding hydrogens is 853 g/mol. The molecule has 0 fully saturated rings. The highest BCUT2D eigenvalue weighted by atomic mass is 16.6. The van der Waals surface area contributed by atoms with Crippen molar-refractivity contribution >= 4 is 17.9 Å². The number of carbonyl (C=O) groups is 3. The van der Waals surface area contributed by atoms with Gasteiger partial charge in [0.15, 0.2) is 6.10 Å². The van der Waals surface area contributed by atoms with Crippen molar-refractivity contribution in [3.63, 3.8) is 0 Å². The maximum Gasteiger partial charge on any atom is 0.306 e. The number of allylic oxidation sites excluding steroid dienone is 18. The lowest BCUT2D eigenvalue weighted by Crippen LogP contribution is -2.30. The Hall–Kier alpha value is -3.93. The summed E-state index contributed by atoms with van der Waals surface area (Å²) >= 11 is 0. The molecule has 0 N–H and O–H groups in total. The molecule has 69 heavy (non-hydrogen) atoms. The van der Waals surface area contributed by atoms with Crippen LogP contribution in [0.1, 0.15) is 252 Å². The van der Waals surface area contributed by atoms with Crippen molar-refractivity contribution in [1.29, 1.82) is 0 Å². The fourth-order valence-corrected chi connectivity index (χ4v) is 7.51. The topological polar surface area (TPSA) is 78.9 Å². The molecule has 0 saturated heterocycles. The van der Waals surface area contributed by atoms with Crippen LogP contribution < -0.4 is 0 Å². The first-order valence-electron chi connectivity index (χ1n) is 28.4. The minimum atomic E-state index is -0.785. The first kappa shape index (κ1) is 65.1. The Morgan fingerprint density at radius 1 is 0.304 bits per heavy atom. The van der Waals surface area contributed by atoms with Crippen molar-refractivity contribution in [3.05, 3.63) is 109 Å². The number of unbranched alkanes of at least 4 members (excludes halogenated alkanes) is 21. The molecule has 0 rings (SSSR count). The summed E-state index contributed by atoms with van der Waals surface area (Å²) in [7, 11) is 0. The minimum absolute atomic E-state index is 0.0872. The van der Waals surface area contributed by atoms with E-state index in [1.165, 1.54) is 70.6 Å². The van der Waals surface area contributed by atoms with E-state index in [2.05, 4.69) is 130 Å². The first-order chi connectivity index (χ1) is 34.0. The van der Waals surface area contributed by atoms with Gasteiger partial charge in [-0.3, -0.25) is 14.4 Å². The van der Waals surface area contributed by atoms with E-state index >= 15 is 0 Å². The molecule has 0 saturated carbocycles. The van der Waals surface area contributed by atoms with E-state index in [0.29, 0.717) is 19.3 Å². The van der Waals surface area contributed by atoms with Gasteiger partial charge in [-0.05, 0) is 109 Å². The van der Waals surface area contributed by atoms with Crippen molar-refractivity contribution in [1.82, 2.24) is 0 Å². The third-order valence-electron chi connectivity index (χ3n) is 11.8. The predicted octanol–water partition coefficient (Wildman–Crippen LogP) is 19.1. The number of carbonyl (C=O) groups excluding carboxylic acids is 3. The molecule has 0 bridgehead atoms. The van der Waals surface area contributed by atoms with Crippen LogP contribution in [-0.4, -0.2) is 37.2 Å². The van der Waals surface area contributed by atoms with E-state index in [1.807, 2.05) is 0 Å². The quantitative estimate of drug-likeness (QED) is 0.0262. The van der Waals surface area contributed by atoms with Gasteiger partial charge in [-0.1, -0.05) is 233 Å². The van der Waals surface area contributed by atoms with Gasteiger partial charge >= 0.3 is 17.9 Å². The zero-order chi connectivity index (χ0) is 50.0. The number of esters is 3. The van der Waals surface area contributed by atoms with Gasteiger partial charge in [0.25, 0.3) is 0 Å². The van der Waals surface area contributed by atoms with E-state index in [4.69, 9.17) is 14.2 Å². The largest absolute Gasteiger partial charge is 0.462 e. The molecular formula is C63H104O6. The molecule has 0 amide bonds. The summed E-state index contributed by atoms with van der Waals surface area (Å²) in [5, 5.41) is 0. The first-order valence-corrected chi connectivity index (χ1v) is 28.4. The molecule has 1 atom stereocenters. The lowest BCUT2D eigenvalue weighted by molar-refractivity contribution is -0.167. The van der Waals surface area contributed by atoms with Crippen molar-refractivity contribution in [2.24, 2.45) is 0 Å². The maximum absolute atomic E-state index is 12.7. The molecule has 392 valence electrons. The van der Waals surface area contributed by atoms with E-state index in [9.17, 15) is 14.4 Å². The van der Waals surface area contributed by atoms with Crippen LogP contribution in [-0.2, 0) is 28.6 Å². The van der Waals surface area contributed by atoms with Gasteiger partial charge < -0.3 is 14.2 Å². The fourth-order valence-electron chi connectivity index (χ4n) is 7.51. The van der Waals surface area contributed by atoms with Gasteiger partial charge in [-0.25, -0.2) is 0 Å². The Balaban J connectivity index is 4.13. The third-order valence-corrected chi connectivity index (χ3v) is 11.8. The molecule has 0 aliphatic rings. The Labute approximate surface area is 425 Å². The van der Waals surface area contributed by atoms with E-state index in [0.717, 1.165) is 141 Å².